The van der Waals surface area contributed by atoms with Gasteiger partial charge in [0.2, 0.25) is 0 Å². The molecule has 0 aliphatic carbocycles. The van der Waals surface area contributed by atoms with Crippen molar-refractivity contribution in [2.45, 2.75) is 0 Å². The first-order valence-corrected chi connectivity index (χ1v) is 7.69. The zero-order valence-corrected chi connectivity index (χ0v) is 13.8. The second kappa shape index (κ2) is 5.76. The van der Waals surface area contributed by atoms with E-state index in [1.165, 1.54) is 0 Å². The van der Waals surface area contributed by atoms with Crippen LogP contribution in [0.5, 0.6) is 11.5 Å². The van der Waals surface area contributed by atoms with Crippen LogP contribution in [0.4, 0.5) is 5.69 Å². The van der Waals surface area contributed by atoms with Crippen LogP contribution in [0.15, 0.2) is 53.0 Å². The summed E-state index contributed by atoms with van der Waals surface area (Å²) in [5, 5.41) is 2.96. The van der Waals surface area contributed by atoms with E-state index in [4.69, 9.17) is 33.7 Å². The second-order valence-electron chi connectivity index (χ2n) is 4.57. The van der Waals surface area contributed by atoms with Gasteiger partial charge in [0.05, 0.1) is 10.0 Å². The number of hydrogen-bond acceptors (Lipinski definition) is 2. The van der Waals surface area contributed by atoms with Gasteiger partial charge in [0.1, 0.15) is 5.75 Å². The predicted molar refractivity (Wildman–Crippen MR) is 92.6 cm³/mol. The zero-order valence-electron chi connectivity index (χ0n) is 10.7. The molecule has 2 nitrogen and oxygen atoms in total. The molecule has 0 unspecified atom stereocenters. The summed E-state index contributed by atoms with van der Waals surface area (Å²) in [6.07, 6.45) is 0. The van der Waals surface area contributed by atoms with Crippen LogP contribution < -0.4 is 10.5 Å². The monoisotopic (exact) mass is 381 g/mol. The van der Waals surface area contributed by atoms with Crippen molar-refractivity contribution in [3.8, 4) is 11.5 Å². The lowest BCUT2D eigenvalue weighted by Gasteiger charge is -2.11. The molecule has 0 bridgehead atoms. The lowest BCUT2D eigenvalue weighted by atomic mass is 10.1. The van der Waals surface area contributed by atoms with Gasteiger partial charge in [-0.05, 0) is 47.2 Å². The first kappa shape index (κ1) is 14.5. The quantitative estimate of drug-likeness (QED) is 0.529. The molecule has 0 heterocycles. The standard InChI is InChI=1S/C16H10BrCl2NO/c17-11-3-1-10-6-13(4-2-9(10)5-11)21-16-14(18)7-12(20)8-15(16)19/h1-8H,20H2. The lowest BCUT2D eigenvalue weighted by molar-refractivity contribution is 0.484. The highest BCUT2D eigenvalue weighted by atomic mass is 79.9. The van der Waals surface area contributed by atoms with Gasteiger partial charge in [-0.3, -0.25) is 0 Å². The number of halogens is 3. The third kappa shape index (κ3) is 3.10. The first-order valence-electron chi connectivity index (χ1n) is 6.14. The minimum Gasteiger partial charge on any atom is -0.454 e. The molecule has 0 spiro atoms. The Balaban J connectivity index is 2.00. The summed E-state index contributed by atoms with van der Waals surface area (Å²) in [5.74, 6) is 1.07. The Hall–Kier alpha value is -1.42. The van der Waals surface area contributed by atoms with Crippen molar-refractivity contribution in [2.75, 3.05) is 5.73 Å². The molecule has 0 atom stereocenters. The van der Waals surface area contributed by atoms with E-state index < -0.39 is 0 Å². The summed E-state index contributed by atoms with van der Waals surface area (Å²) >= 11 is 15.7. The average molecular weight is 383 g/mol. The molecule has 21 heavy (non-hydrogen) atoms. The van der Waals surface area contributed by atoms with Gasteiger partial charge in [-0.15, -0.1) is 0 Å². The fraction of sp³-hybridized carbons (Fsp3) is 0. The van der Waals surface area contributed by atoms with Crippen LogP contribution in [0.2, 0.25) is 10.0 Å². The van der Waals surface area contributed by atoms with Gasteiger partial charge in [0.15, 0.2) is 5.75 Å². The molecule has 5 heteroatoms. The van der Waals surface area contributed by atoms with Crippen LogP contribution in [0, 0.1) is 0 Å². The van der Waals surface area contributed by atoms with E-state index in [0.29, 0.717) is 27.2 Å². The average Bonchev–Trinajstić information content (AvgIpc) is 2.43. The number of nitrogens with two attached hydrogens (primary N) is 1. The van der Waals surface area contributed by atoms with E-state index in [0.717, 1.165) is 15.2 Å². The molecule has 0 radical (unpaired) electrons. The second-order valence-corrected chi connectivity index (χ2v) is 6.30. The number of ether oxygens (including phenoxy) is 1. The molecule has 0 aliphatic heterocycles. The lowest BCUT2D eigenvalue weighted by Crippen LogP contribution is -1.90. The van der Waals surface area contributed by atoms with Crippen LogP contribution in [0.25, 0.3) is 10.8 Å². The molecule has 3 aromatic carbocycles. The van der Waals surface area contributed by atoms with E-state index in [-0.39, 0.29) is 0 Å². The van der Waals surface area contributed by atoms with E-state index in [2.05, 4.69) is 15.9 Å². The molecule has 106 valence electrons. The Kier molecular flexibility index (Phi) is 3.98. The number of nitrogen functional groups attached to an aromatic ring is 1. The Labute approximate surface area is 140 Å². The van der Waals surface area contributed by atoms with E-state index in [1.54, 1.807) is 12.1 Å². The van der Waals surface area contributed by atoms with Crippen molar-refractivity contribution in [3.63, 3.8) is 0 Å². The van der Waals surface area contributed by atoms with Gasteiger partial charge in [0, 0.05) is 10.2 Å². The summed E-state index contributed by atoms with van der Waals surface area (Å²) in [4.78, 5) is 0. The van der Waals surface area contributed by atoms with Crippen LogP contribution in [-0.4, -0.2) is 0 Å². The Bertz CT molecular complexity index is 813. The number of rotatable bonds is 2. The van der Waals surface area contributed by atoms with Crippen molar-refractivity contribution in [3.05, 3.63) is 63.0 Å². The largest absolute Gasteiger partial charge is 0.454 e. The third-order valence-electron chi connectivity index (χ3n) is 3.01. The molecule has 0 saturated heterocycles. The van der Waals surface area contributed by atoms with E-state index >= 15 is 0 Å². The van der Waals surface area contributed by atoms with Gasteiger partial charge >= 0.3 is 0 Å². The van der Waals surface area contributed by atoms with Gasteiger partial charge in [-0.25, -0.2) is 0 Å². The number of fused-ring (bicyclic) bond motifs is 1. The molecule has 0 saturated carbocycles. The van der Waals surface area contributed by atoms with Crippen LogP contribution in [-0.2, 0) is 0 Å². The van der Waals surface area contributed by atoms with Crippen LogP contribution in [0.1, 0.15) is 0 Å². The molecular formula is C16H10BrCl2NO. The molecule has 0 amide bonds. The molecule has 2 N–H and O–H groups in total. The van der Waals surface area contributed by atoms with Crippen molar-refractivity contribution in [2.24, 2.45) is 0 Å². The fourth-order valence-electron chi connectivity index (χ4n) is 2.05. The minimum atomic E-state index is 0.385. The van der Waals surface area contributed by atoms with Gasteiger partial charge in [-0.1, -0.05) is 51.3 Å². The maximum absolute atomic E-state index is 6.13. The van der Waals surface area contributed by atoms with Gasteiger partial charge in [0.25, 0.3) is 0 Å². The van der Waals surface area contributed by atoms with E-state index in [1.807, 2.05) is 36.4 Å². The topological polar surface area (TPSA) is 35.2 Å². The SMILES string of the molecule is Nc1cc(Cl)c(Oc2ccc3cc(Br)ccc3c2)c(Cl)c1. The Morgan fingerprint density at radius 1 is 0.857 bits per heavy atom. The van der Waals surface area contributed by atoms with Gasteiger partial charge < -0.3 is 10.5 Å². The molecule has 3 rings (SSSR count). The van der Waals surface area contributed by atoms with Crippen LogP contribution in [0.3, 0.4) is 0 Å². The summed E-state index contributed by atoms with van der Waals surface area (Å²) in [7, 11) is 0. The zero-order chi connectivity index (χ0) is 15.0. The third-order valence-corrected chi connectivity index (χ3v) is 4.07. The smallest absolute Gasteiger partial charge is 0.164 e. The number of anilines is 1. The first-order chi connectivity index (χ1) is 10.0. The summed E-state index contributed by atoms with van der Waals surface area (Å²) in [6.45, 7) is 0. The van der Waals surface area contributed by atoms with Gasteiger partial charge in [-0.2, -0.15) is 0 Å². The summed E-state index contributed by atoms with van der Waals surface area (Å²) in [5.41, 5.74) is 6.18. The van der Waals surface area contributed by atoms with E-state index in [9.17, 15) is 0 Å². The normalized spacial score (nSPS) is 10.8. The Morgan fingerprint density at radius 2 is 1.48 bits per heavy atom. The molecular weight excluding hydrogens is 373 g/mol. The number of hydrogen-bond donors (Lipinski definition) is 1. The summed E-state index contributed by atoms with van der Waals surface area (Å²) in [6, 6.07) is 15.1. The predicted octanol–water partition coefficient (Wildman–Crippen LogP) is 6.28. The molecule has 3 aromatic rings. The van der Waals surface area contributed by atoms with Crippen molar-refractivity contribution in [1.29, 1.82) is 0 Å². The molecule has 0 fully saturated rings. The fourth-order valence-corrected chi connectivity index (χ4v) is 3.01. The maximum Gasteiger partial charge on any atom is 0.164 e. The Morgan fingerprint density at radius 3 is 2.19 bits per heavy atom. The number of benzene rings is 3. The highest BCUT2D eigenvalue weighted by Gasteiger charge is 2.10. The minimum absolute atomic E-state index is 0.385. The highest BCUT2D eigenvalue weighted by molar-refractivity contribution is 9.10. The maximum atomic E-state index is 6.13. The molecule has 0 aromatic heterocycles. The van der Waals surface area contributed by atoms with Crippen molar-refractivity contribution < 1.29 is 4.74 Å². The van der Waals surface area contributed by atoms with Crippen LogP contribution >= 0.6 is 39.1 Å². The van der Waals surface area contributed by atoms with Crippen molar-refractivity contribution >= 4 is 55.6 Å². The summed E-state index contributed by atoms with van der Waals surface area (Å²) < 4.78 is 6.84. The highest BCUT2D eigenvalue weighted by Crippen LogP contribution is 2.38. The molecule has 0 aliphatic rings. The van der Waals surface area contributed by atoms with Crippen molar-refractivity contribution in [1.82, 2.24) is 0 Å².